The summed E-state index contributed by atoms with van der Waals surface area (Å²) in [5.41, 5.74) is 0. The first-order chi connectivity index (χ1) is 9.13. The predicted molar refractivity (Wildman–Crippen MR) is 74.1 cm³/mol. The molecule has 1 atom stereocenters. The van der Waals surface area contributed by atoms with Gasteiger partial charge in [0.15, 0.2) is 6.04 Å². The van der Waals surface area contributed by atoms with Crippen LogP contribution in [0.25, 0.3) is 0 Å². The molecule has 1 unspecified atom stereocenters. The number of nitrogens with zero attached hydrogens (tertiary/aromatic N) is 2. The van der Waals surface area contributed by atoms with Crippen molar-refractivity contribution in [3.05, 3.63) is 39.6 Å². The van der Waals surface area contributed by atoms with E-state index in [2.05, 4.69) is 10.3 Å². The number of esters is 1. The normalized spacial score (nSPS) is 12.4. The fraction of sp³-hybridized carbons (Fsp3) is 0.333. The summed E-state index contributed by atoms with van der Waals surface area (Å²) in [6.07, 6.45) is 1.51. The fourth-order valence-corrected chi connectivity index (χ4v) is 2.48. The summed E-state index contributed by atoms with van der Waals surface area (Å²) in [5.74, 6) is 0.148. The van der Waals surface area contributed by atoms with Gasteiger partial charge in [-0.05, 0) is 11.4 Å². The van der Waals surface area contributed by atoms with E-state index < -0.39 is 6.04 Å². The van der Waals surface area contributed by atoms with Crippen molar-refractivity contribution in [2.45, 2.75) is 12.6 Å². The van der Waals surface area contributed by atoms with Crippen LogP contribution in [0.15, 0.2) is 23.7 Å². The van der Waals surface area contributed by atoms with Crippen molar-refractivity contribution in [2.75, 3.05) is 7.11 Å². The number of hydrogen-bond acceptors (Lipinski definition) is 5. The largest absolute Gasteiger partial charge is 0.468 e. The molecule has 0 bridgehead atoms. The van der Waals surface area contributed by atoms with E-state index in [9.17, 15) is 4.79 Å². The molecule has 0 spiro atoms. The minimum atomic E-state index is -0.635. The number of imidazole rings is 1. The van der Waals surface area contributed by atoms with Gasteiger partial charge in [0.2, 0.25) is 0 Å². The second-order valence-electron chi connectivity index (χ2n) is 3.91. The first-order valence-electron chi connectivity index (χ1n) is 5.64. The number of carbonyl (C=O) groups excluding carboxylic acids is 1. The van der Waals surface area contributed by atoms with Gasteiger partial charge in [-0.25, -0.2) is 9.78 Å². The van der Waals surface area contributed by atoms with E-state index in [0.29, 0.717) is 17.5 Å². The van der Waals surface area contributed by atoms with E-state index in [-0.39, 0.29) is 5.97 Å². The number of methoxy groups -OCH3 is 1. The third-order valence-corrected chi connectivity index (χ3v) is 3.95. The number of carbonyl (C=O) groups is 1. The van der Waals surface area contributed by atoms with E-state index in [0.717, 1.165) is 4.88 Å². The third-order valence-electron chi connectivity index (χ3n) is 2.72. The van der Waals surface area contributed by atoms with E-state index >= 15 is 0 Å². The molecule has 0 saturated carbocycles. The first kappa shape index (κ1) is 14.0. The molecule has 0 saturated heterocycles. The highest BCUT2D eigenvalue weighted by atomic mass is 35.5. The minimum Gasteiger partial charge on any atom is -0.468 e. The van der Waals surface area contributed by atoms with Crippen LogP contribution in [0, 0.1) is 0 Å². The number of ether oxygens (including phenoxy) is 1. The maximum absolute atomic E-state index is 11.9. The van der Waals surface area contributed by atoms with E-state index in [4.69, 9.17) is 16.3 Å². The highest BCUT2D eigenvalue weighted by Crippen LogP contribution is 2.18. The molecule has 0 fully saturated rings. The van der Waals surface area contributed by atoms with Crippen molar-refractivity contribution < 1.29 is 9.53 Å². The molecule has 102 valence electrons. The number of hydrogen-bond donors (Lipinski definition) is 1. The van der Waals surface area contributed by atoms with Crippen LogP contribution in [0.1, 0.15) is 16.7 Å². The van der Waals surface area contributed by atoms with Crippen LogP contribution in [0.3, 0.4) is 0 Å². The lowest BCUT2D eigenvalue weighted by atomic mass is 10.2. The van der Waals surface area contributed by atoms with Crippen LogP contribution in [-0.4, -0.2) is 22.6 Å². The number of nitrogens with one attached hydrogen (secondary N) is 1. The van der Waals surface area contributed by atoms with Crippen LogP contribution in [0.4, 0.5) is 0 Å². The van der Waals surface area contributed by atoms with Crippen molar-refractivity contribution in [3.8, 4) is 0 Å². The molecule has 7 heteroatoms. The van der Waals surface area contributed by atoms with Crippen molar-refractivity contribution in [1.82, 2.24) is 14.9 Å². The topological polar surface area (TPSA) is 56.1 Å². The van der Waals surface area contributed by atoms with E-state index in [1.807, 2.05) is 17.5 Å². The summed E-state index contributed by atoms with van der Waals surface area (Å²) in [6.45, 7) is 0.571. The Balaban J connectivity index is 2.16. The van der Waals surface area contributed by atoms with Crippen LogP contribution in [0.5, 0.6) is 0 Å². The summed E-state index contributed by atoms with van der Waals surface area (Å²) in [7, 11) is 3.11. The maximum atomic E-state index is 11.9. The first-order valence-corrected chi connectivity index (χ1v) is 6.90. The Kier molecular flexibility index (Phi) is 4.57. The quantitative estimate of drug-likeness (QED) is 0.860. The molecule has 2 aromatic heterocycles. The van der Waals surface area contributed by atoms with Gasteiger partial charge < -0.3 is 9.30 Å². The van der Waals surface area contributed by atoms with Gasteiger partial charge in [0.05, 0.1) is 13.3 Å². The standard InChI is InChI=1S/C12H14ClN3O2S/c1-16-9(13)7-15-11(16)10(12(17)18-2)14-6-8-4-3-5-19-8/h3-5,7,10,14H,6H2,1-2H3. The van der Waals surface area contributed by atoms with E-state index in [1.54, 1.807) is 23.0 Å². The smallest absolute Gasteiger partial charge is 0.330 e. The van der Waals surface area contributed by atoms with Crippen molar-refractivity contribution in [2.24, 2.45) is 7.05 Å². The van der Waals surface area contributed by atoms with Gasteiger partial charge in [-0.1, -0.05) is 17.7 Å². The molecule has 0 amide bonds. The van der Waals surface area contributed by atoms with Gasteiger partial charge in [0, 0.05) is 18.5 Å². The van der Waals surface area contributed by atoms with Gasteiger partial charge in [0.1, 0.15) is 11.0 Å². The van der Waals surface area contributed by atoms with Crippen LogP contribution < -0.4 is 5.32 Å². The number of halogens is 1. The SMILES string of the molecule is COC(=O)C(NCc1cccs1)c1ncc(Cl)n1C. The van der Waals surface area contributed by atoms with Gasteiger partial charge in [-0.3, -0.25) is 5.32 Å². The van der Waals surface area contributed by atoms with Gasteiger partial charge in [0.25, 0.3) is 0 Å². The zero-order valence-electron chi connectivity index (χ0n) is 10.6. The molecule has 1 N–H and O–H groups in total. The van der Waals surface area contributed by atoms with Gasteiger partial charge in [-0.2, -0.15) is 0 Å². The summed E-state index contributed by atoms with van der Waals surface area (Å²) in [4.78, 5) is 17.1. The van der Waals surface area contributed by atoms with Crippen molar-refractivity contribution in [1.29, 1.82) is 0 Å². The lowest BCUT2D eigenvalue weighted by Crippen LogP contribution is -2.31. The van der Waals surface area contributed by atoms with Crippen molar-refractivity contribution >= 4 is 28.9 Å². The average Bonchev–Trinajstić information content (AvgIpc) is 3.03. The molecule has 0 aliphatic carbocycles. The Labute approximate surface area is 120 Å². The maximum Gasteiger partial charge on any atom is 0.330 e. The fourth-order valence-electron chi connectivity index (χ4n) is 1.68. The highest BCUT2D eigenvalue weighted by molar-refractivity contribution is 7.09. The number of thiophene rings is 1. The number of aromatic nitrogens is 2. The van der Waals surface area contributed by atoms with Gasteiger partial charge in [-0.15, -0.1) is 11.3 Å². The molecular weight excluding hydrogens is 286 g/mol. The second kappa shape index (κ2) is 6.18. The Morgan fingerprint density at radius 2 is 2.47 bits per heavy atom. The molecule has 0 aromatic carbocycles. The molecule has 2 heterocycles. The lowest BCUT2D eigenvalue weighted by molar-refractivity contribution is -0.143. The zero-order valence-corrected chi connectivity index (χ0v) is 12.2. The van der Waals surface area contributed by atoms with Crippen LogP contribution >= 0.6 is 22.9 Å². The summed E-state index contributed by atoms with van der Waals surface area (Å²) < 4.78 is 6.46. The Bertz CT molecular complexity index is 553. The summed E-state index contributed by atoms with van der Waals surface area (Å²) in [6, 6.07) is 3.33. The summed E-state index contributed by atoms with van der Waals surface area (Å²) in [5, 5.41) is 5.60. The van der Waals surface area contributed by atoms with Crippen LogP contribution in [-0.2, 0) is 23.1 Å². The molecule has 0 aliphatic heterocycles. The highest BCUT2D eigenvalue weighted by Gasteiger charge is 2.25. The average molecular weight is 300 g/mol. The Morgan fingerprint density at radius 1 is 1.68 bits per heavy atom. The minimum absolute atomic E-state index is 0.387. The molecule has 2 rings (SSSR count). The zero-order chi connectivity index (χ0) is 13.8. The second-order valence-corrected chi connectivity index (χ2v) is 5.33. The van der Waals surface area contributed by atoms with Crippen molar-refractivity contribution in [3.63, 3.8) is 0 Å². The molecule has 0 radical (unpaired) electrons. The monoisotopic (exact) mass is 299 g/mol. The molecule has 0 aliphatic rings. The predicted octanol–water partition coefficient (Wildman–Crippen LogP) is 2.14. The molecular formula is C12H14ClN3O2S. The molecule has 2 aromatic rings. The third kappa shape index (κ3) is 3.15. The Hall–Kier alpha value is -1.37. The number of rotatable bonds is 5. The van der Waals surface area contributed by atoms with E-state index in [1.165, 1.54) is 13.3 Å². The molecule has 19 heavy (non-hydrogen) atoms. The lowest BCUT2D eigenvalue weighted by Gasteiger charge is -2.16. The van der Waals surface area contributed by atoms with Crippen LogP contribution in [0.2, 0.25) is 5.15 Å². The van der Waals surface area contributed by atoms with Gasteiger partial charge >= 0.3 is 5.97 Å². The Morgan fingerprint density at radius 3 is 3.00 bits per heavy atom. The summed E-state index contributed by atoms with van der Waals surface area (Å²) >= 11 is 7.56. The molecule has 5 nitrogen and oxygen atoms in total.